The summed E-state index contributed by atoms with van der Waals surface area (Å²) in [5.74, 6) is -0.199. The third kappa shape index (κ3) is 2.71. The van der Waals surface area contributed by atoms with Crippen LogP contribution in [0.25, 0.3) is 5.95 Å². The van der Waals surface area contributed by atoms with E-state index in [2.05, 4.69) is 15.0 Å². The Kier molecular flexibility index (Phi) is 3.89. The van der Waals surface area contributed by atoms with Crippen LogP contribution in [0.2, 0.25) is 0 Å². The molecule has 2 aromatic rings. The van der Waals surface area contributed by atoms with Gasteiger partial charge in [0, 0.05) is 18.1 Å². The molecule has 7 nitrogen and oxygen atoms in total. The minimum Gasteiger partial charge on any atom is -0.480 e. The summed E-state index contributed by atoms with van der Waals surface area (Å²) in [6.45, 7) is 4.69. The predicted molar refractivity (Wildman–Crippen MR) is 79.7 cm³/mol. The second-order valence-electron chi connectivity index (χ2n) is 5.61. The van der Waals surface area contributed by atoms with Gasteiger partial charge in [0.25, 0.3) is 0 Å². The van der Waals surface area contributed by atoms with Gasteiger partial charge in [0.2, 0.25) is 5.95 Å². The molecule has 0 amide bonds. The van der Waals surface area contributed by atoms with Crippen LogP contribution < -0.4 is 0 Å². The molecule has 0 radical (unpaired) electrons. The average molecular weight is 301 g/mol. The van der Waals surface area contributed by atoms with Gasteiger partial charge in [-0.1, -0.05) is 0 Å². The molecule has 0 aliphatic carbocycles. The van der Waals surface area contributed by atoms with Crippen molar-refractivity contribution in [3.63, 3.8) is 0 Å². The number of imidazole rings is 1. The topological polar surface area (TPSA) is 84.1 Å². The van der Waals surface area contributed by atoms with Gasteiger partial charge in [-0.15, -0.1) is 0 Å². The number of likely N-dealkylation sites (tertiary alicyclic amines) is 1. The zero-order valence-electron chi connectivity index (χ0n) is 12.7. The van der Waals surface area contributed by atoms with Crippen molar-refractivity contribution in [3.8, 4) is 5.95 Å². The molecule has 1 fully saturated rings. The van der Waals surface area contributed by atoms with Crippen LogP contribution in [0, 0.1) is 6.92 Å². The number of aryl methyl sites for hydroxylation is 1. The number of aliphatic carboxylic acids is 1. The SMILES string of the molecule is Cc1cc(C(C)N2CCCC2C(=O)O)nc(-n2ccnc2)n1. The minimum atomic E-state index is -0.759. The molecule has 1 aliphatic rings. The number of nitrogens with zero attached hydrogens (tertiary/aromatic N) is 5. The van der Waals surface area contributed by atoms with Crippen molar-refractivity contribution in [2.24, 2.45) is 0 Å². The van der Waals surface area contributed by atoms with E-state index in [1.54, 1.807) is 23.3 Å². The standard InChI is InChI=1S/C15H19N5O2/c1-10-8-12(18-15(17-10)19-7-5-16-9-19)11(2)20-6-3-4-13(20)14(21)22/h5,7-9,11,13H,3-4,6H2,1-2H3,(H,21,22). The lowest BCUT2D eigenvalue weighted by Crippen LogP contribution is -2.38. The van der Waals surface area contributed by atoms with E-state index in [0.717, 1.165) is 24.4 Å². The number of hydrogen-bond donors (Lipinski definition) is 1. The van der Waals surface area contributed by atoms with E-state index in [-0.39, 0.29) is 6.04 Å². The van der Waals surface area contributed by atoms with Crippen LogP contribution in [0.5, 0.6) is 0 Å². The first-order valence-electron chi connectivity index (χ1n) is 7.38. The molecule has 1 aliphatic heterocycles. The van der Waals surface area contributed by atoms with Crippen LogP contribution >= 0.6 is 0 Å². The van der Waals surface area contributed by atoms with Crippen molar-refractivity contribution in [2.75, 3.05) is 6.54 Å². The van der Waals surface area contributed by atoms with Crippen LogP contribution in [-0.2, 0) is 4.79 Å². The summed E-state index contributed by atoms with van der Waals surface area (Å²) in [6.07, 6.45) is 6.71. The molecular formula is C15H19N5O2. The fourth-order valence-electron chi connectivity index (χ4n) is 2.97. The Morgan fingerprint density at radius 3 is 2.95 bits per heavy atom. The first kappa shape index (κ1) is 14.6. The third-order valence-electron chi connectivity index (χ3n) is 4.10. The normalized spacial score (nSPS) is 20.2. The van der Waals surface area contributed by atoms with Gasteiger partial charge < -0.3 is 5.11 Å². The Morgan fingerprint density at radius 1 is 1.45 bits per heavy atom. The van der Waals surface area contributed by atoms with Crippen molar-refractivity contribution < 1.29 is 9.90 Å². The van der Waals surface area contributed by atoms with Gasteiger partial charge in [-0.05, 0) is 39.3 Å². The highest BCUT2D eigenvalue weighted by Gasteiger charge is 2.34. The van der Waals surface area contributed by atoms with Crippen molar-refractivity contribution >= 4 is 5.97 Å². The number of carboxylic acid groups (broad SMARTS) is 1. The third-order valence-corrected chi connectivity index (χ3v) is 4.10. The van der Waals surface area contributed by atoms with E-state index in [4.69, 9.17) is 0 Å². The molecule has 2 aromatic heterocycles. The van der Waals surface area contributed by atoms with E-state index >= 15 is 0 Å². The number of aromatic nitrogens is 4. The zero-order chi connectivity index (χ0) is 15.7. The summed E-state index contributed by atoms with van der Waals surface area (Å²) < 4.78 is 1.75. The molecule has 3 heterocycles. The number of hydrogen-bond acceptors (Lipinski definition) is 5. The van der Waals surface area contributed by atoms with Crippen LogP contribution in [0.4, 0.5) is 0 Å². The predicted octanol–water partition coefficient (Wildman–Crippen LogP) is 1.58. The van der Waals surface area contributed by atoms with Crippen molar-refractivity contribution in [2.45, 2.75) is 38.8 Å². The second kappa shape index (κ2) is 5.84. The molecule has 7 heteroatoms. The van der Waals surface area contributed by atoms with Crippen molar-refractivity contribution in [3.05, 3.63) is 36.2 Å². The molecule has 0 spiro atoms. The largest absolute Gasteiger partial charge is 0.480 e. The van der Waals surface area contributed by atoms with Crippen LogP contribution in [0.3, 0.4) is 0 Å². The van der Waals surface area contributed by atoms with Crippen molar-refractivity contribution in [1.82, 2.24) is 24.4 Å². The molecule has 0 saturated carbocycles. The monoisotopic (exact) mass is 301 g/mol. The summed E-state index contributed by atoms with van der Waals surface area (Å²) in [5.41, 5.74) is 1.69. The van der Waals surface area contributed by atoms with Gasteiger partial charge >= 0.3 is 5.97 Å². The van der Waals surface area contributed by atoms with E-state index < -0.39 is 12.0 Å². The highest BCUT2D eigenvalue weighted by molar-refractivity contribution is 5.73. The molecule has 1 N–H and O–H groups in total. The Balaban J connectivity index is 1.92. The number of carboxylic acids is 1. The summed E-state index contributed by atoms with van der Waals surface area (Å²) in [4.78, 5) is 26.4. The van der Waals surface area contributed by atoms with E-state index in [1.807, 2.05) is 24.8 Å². The zero-order valence-corrected chi connectivity index (χ0v) is 12.7. The number of rotatable bonds is 4. The minimum absolute atomic E-state index is 0.0624. The fraction of sp³-hybridized carbons (Fsp3) is 0.467. The first-order valence-corrected chi connectivity index (χ1v) is 7.38. The Hall–Kier alpha value is -2.28. The molecule has 2 atom stereocenters. The van der Waals surface area contributed by atoms with Gasteiger partial charge in [-0.3, -0.25) is 14.3 Å². The molecule has 22 heavy (non-hydrogen) atoms. The first-order chi connectivity index (χ1) is 10.6. The van der Waals surface area contributed by atoms with E-state index in [0.29, 0.717) is 12.4 Å². The molecule has 3 rings (SSSR count). The maximum absolute atomic E-state index is 11.4. The maximum Gasteiger partial charge on any atom is 0.320 e. The Labute approximate surface area is 128 Å². The van der Waals surface area contributed by atoms with Crippen LogP contribution in [-0.4, -0.2) is 48.1 Å². The second-order valence-corrected chi connectivity index (χ2v) is 5.61. The van der Waals surface area contributed by atoms with Gasteiger partial charge in [-0.25, -0.2) is 15.0 Å². The van der Waals surface area contributed by atoms with E-state index in [1.165, 1.54) is 0 Å². The van der Waals surface area contributed by atoms with Gasteiger partial charge in [-0.2, -0.15) is 0 Å². The summed E-state index contributed by atoms with van der Waals surface area (Å²) in [6, 6.07) is 1.43. The number of carbonyl (C=O) groups is 1. The maximum atomic E-state index is 11.4. The Morgan fingerprint density at radius 2 is 2.27 bits per heavy atom. The lowest BCUT2D eigenvalue weighted by Gasteiger charge is -2.28. The molecular weight excluding hydrogens is 282 g/mol. The molecule has 116 valence electrons. The van der Waals surface area contributed by atoms with Gasteiger partial charge in [0.1, 0.15) is 12.4 Å². The smallest absolute Gasteiger partial charge is 0.320 e. The highest BCUT2D eigenvalue weighted by Crippen LogP contribution is 2.28. The lowest BCUT2D eigenvalue weighted by atomic mass is 10.1. The van der Waals surface area contributed by atoms with Gasteiger partial charge in [0.15, 0.2) is 0 Å². The average Bonchev–Trinajstić information content (AvgIpc) is 3.17. The summed E-state index contributed by atoms with van der Waals surface area (Å²) in [7, 11) is 0. The quantitative estimate of drug-likeness (QED) is 0.923. The Bertz CT molecular complexity index is 671. The molecule has 0 bridgehead atoms. The van der Waals surface area contributed by atoms with Crippen LogP contribution in [0.1, 0.15) is 37.2 Å². The summed E-state index contributed by atoms with van der Waals surface area (Å²) in [5, 5.41) is 9.35. The van der Waals surface area contributed by atoms with Gasteiger partial charge in [0.05, 0.1) is 11.7 Å². The fourth-order valence-corrected chi connectivity index (χ4v) is 2.97. The van der Waals surface area contributed by atoms with Crippen LogP contribution in [0.15, 0.2) is 24.8 Å². The summed E-state index contributed by atoms with van der Waals surface area (Å²) >= 11 is 0. The van der Waals surface area contributed by atoms with E-state index in [9.17, 15) is 9.90 Å². The lowest BCUT2D eigenvalue weighted by molar-refractivity contribution is -0.142. The molecule has 1 saturated heterocycles. The molecule has 2 unspecified atom stereocenters. The highest BCUT2D eigenvalue weighted by atomic mass is 16.4. The molecule has 0 aromatic carbocycles. The van der Waals surface area contributed by atoms with Crippen molar-refractivity contribution in [1.29, 1.82) is 0 Å².